The first-order valence-electron chi connectivity index (χ1n) is 12.6. The van der Waals surface area contributed by atoms with Gasteiger partial charge in [0.15, 0.2) is 0 Å². The minimum atomic E-state index is -3.35. The van der Waals surface area contributed by atoms with Crippen molar-refractivity contribution in [2.75, 3.05) is 36.8 Å². The summed E-state index contributed by atoms with van der Waals surface area (Å²) in [6.07, 6.45) is 6.60. The van der Waals surface area contributed by atoms with Crippen LogP contribution in [0, 0.1) is 5.92 Å². The molecule has 2 aromatic carbocycles. The minimum Gasteiger partial charge on any atom is -0.372 e. The van der Waals surface area contributed by atoms with Gasteiger partial charge in [0.1, 0.15) is 0 Å². The maximum atomic E-state index is 12.9. The molecule has 1 amide bonds. The number of carbonyl (C=O) groups is 1. The van der Waals surface area contributed by atoms with Crippen LogP contribution in [0.3, 0.4) is 0 Å². The predicted octanol–water partition coefficient (Wildman–Crippen LogP) is 3.97. The standard InChI is InChI=1S/C27H37N3O3S/c31-27(28-21-24-13-15-26(16-14-24)29-17-5-2-6-18-29)25-12-7-19-30(22-25)34(32,33)20-8-11-23-9-3-1-4-10-23/h1,3-4,9-10,13-16,25H,2,5-8,11-12,17-22H2,(H,28,31)/t25-/m0/s1. The maximum Gasteiger partial charge on any atom is 0.224 e. The van der Waals surface area contributed by atoms with Crippen LogP contribution in [-0.2, 0) is 27.8 Å². The Kier molecular flexibility index (Phi) is 8.62. The van der Waals surface area contributed by atoms with Gasteiger partial charge in [0.2, 0.25) is 15.9 Å². The number of hydrogen-bond donors (Lipinski definition) is 1. The van der Waals surface area contributed by atoms with Crippen LogP contribution in [0.1, 0.15) is 49.7 Å². The molecule has 0 bridgehead atoms. The number of nitrogens with zero attached hydrogens (tertiary/aromatic N) is 2. The lowest BCUT2D eigenvalue weighted by Crippen LogP contribution is -2.46. The van der Waals surface area contributed by atoms with Crippen LogP contribution >= 0.6 is 0 Å². The van der Waals surface area contributed by atoms with E-state index in [0.717, 1.165) is 43.5 Å². The molecule has 184 valence electrons. The smallest absolute Gasteiger partial charge is 0.224 e. The van der Waals surface area contributed by atoms with Gasteiger partial charge >= 0.3 is 0 Å². The lowest BCUT2D eigenvalue weighted by molar-refractivity contribution is -0.126. The Labute approximate surface area is 204 Å². The first-order valence-corrected chi connectivity index (χ1v) is 14.3. The van der Waals surface area contributed by atoms with Crippen molar-refractivity contribution in [3.8, 4) is 0 Å². The minimum absolute atomic E-state index is 0.0516. The summed E-state index contributed by atoms with van der Waals surface area (Å²) in [5.41, 5.74) is 3.46. The third kappa shape index (κ3) is 6.83. The molecule has 4 rings (SSSR count). The number of nitrogens with one attached hydrogen (secondary N) is 1. The van der Waals surface area contributed by atoms with E-state index in [4.69, 9.17) is 0 Å². The van der Waals surface area contributed by atoms with Crippen LogP contribution in [0.4, 0.5) is 5.69 Å². The normalized spacial score (nSPS) is 19.6. The highest BCUT2D eigenvalue weighted by atomic mass is 32.2. The largest absolute Gasteiger partial charge is 0.372 e. The van der Waals surface area contributed by atoms with Gasteiger partial charge < -0.3 is 10.2 Å². The molecule has 2 aliphatic rings. The van der Waals surface area contributed by atoms with Crippen molar-refractivity contribution in [2.24, 2.45) is 5.92 Å². The number of hydrogen-bond acceptors (Lipinski definition) is 4. The lowest BCUT2D eigenvalue weighted by atomic mass is 9.98. The molecule has 0 spiro atoms. The first-order chi connectivity index (χ1) is 16.5. The Bertz CT molecular complexity index is 1020. The summed E-state index contributed by atoms with van der Waals surface area (Å²) in [4.78, 5) is 15.2. The molecular weight excluding hydrogens is 446 g/mol. The van der Waals surface area contributed by atoms with Crippen molar-refractivity contribution in [3.63, 3.8) is 0 Å². The van der Waals surface area contributed by atoms with Crippen molar-refractivity contribution < 1.29 is 13.2 Å². The summed E-state index contributed by atoms with van der Waals surface area (Å²) in [5.74, 6) is -0.214. The Balaban J connectivity index is 1.24. The van der Waals surface area contributed by atoms with Gasteiger partial charge in [-0.05, 0) is 68.2 Å². The van der Waals surface area contributed by atoms with Crippen molar-refractivity contribution >= 4 is 21.6 Å². The number of anilines is 1. The van der Waals surface area contributed by atoms with E-state index in [-0.39, 0.29) is 24.1 Å². The van der Waals surface area contributed by atoms with Gasteiger partial charge in [-0.25, -0.2) is 12.7 Å². The zero-order valence-corrected chi connectivity index (χ0v) is 20.8. The van der Waals surface area contributed by atoms with E-state index in [2.05, 4.69) is 34.5 Å². The summed E-state index contributed by atoms with van der Waals surface area (Å²) in [7, 11) is -3.35. The second kappa shape index (κ2) is 11.8. The maximum absolute atomic E-state index is 12.9. The van der Waals surface area contributed by atoms with Crippen molar-refractivity contribution in [1.82, 2.24) is 9.62 Å². The second-order valence-electron chi connectivity index (χ2n) is 9.53. The molecule has 0 unspecified atom stereocenters. The number of aryl methyl sites for hydroxylation is 1. The van der Waals surface area contributed by atoms with Crippen LogP contribution in [0.15, 0.2) is 54.6 Å². The molecule has 0 saturated carbocycles. The molecule has 0 radical (unpaired) electrons. The molecule has 6 nitrogen and oxygen atoms in total. The zero-order valence-electron chi connectivity index (χ0n) is 20.0. The van der Waals surface area contributed by atoms with E-state index in [1.807, 2.05) is 30.3 Å². The highest BCUT2D eigenvalue weighted by Crippen LogP contribution is 2.22. The highest BCUT2D eigenvalue weighted by Gasteiger charge is 2.31. The monoisotopic (exact) mass is 483 g/mol. The number of sulfonamides is 1. The van der Waals surface area contributed by atoms with Crippen LogP contribution < -0.4 is 10.2 Å². The van der Waals surface area contributed by atoms with Crippen LogP contribution in [-0.4, -0.2) is 50.6 Å². The van der Waals surface area contributed by atoms with Crippen LogP contribution in [0.5, 0.6) is 0 Å². The molecule has 1 atom stereocenters. The molecule has 2 saturated heterocycles. The second-order valence-corrected chi connectivity index (χ2v) is 11.6. The van der Waals surface area contributed by atoms with E-state index < -0.39 is 10.0 Å². The highest BCUT2D eigenvalue weighted by molar-refractivity contribution is 7.89. The third-order valence-electron chi connectivity index (χ3n) is 6.98. The van der Waals surface area contributed by atoms with Crippen molar-refractivity contribution in [1.29, 1.82) is 0 Å². The van der Waals surface area contributed by atoms with E-state index >= 15 is 0 Å². The molecule has 2 aliphatic heterocycles. The Morgan fingerprint density at radius 2 is 1.62 bits per heavy atom. The van der Waals surface area contributed by atoms with Crippen molar-refractivity contribution in [2.45, 2.75) is 51.5 Å². The topological polar surface area (TPSA) is 69.7 Å². The van der Waals surface area contributed by atoms with E-state index in [1.54, 1.807) is 0 Å². The molecule has 2 aromatic rings. The van der Waals surface area contributed by atoms with Gasteiger partial charge in [-0.2, -0.15) is 0 Å². The third-order valence-corrected chi connectivity index (χ3v) is 8.91. The molecule has 34 heavy (non-hydrogen) atoms. The summed E-state index contributed by atoms with van der Waals surface area (Å²) < 4.78 is 27.3. The molecular formula is C27H37N3O3S. The SMILES string of the molecule is O=C(NCc1ccc(N2CCCCC2)cc1)[C@H]1CCCN(S(=O)(=O)CCCc2ccccc2)C1. The summed E-state index contributed by atoms with van der Waals surface area (Å²) in [6, 6.07) is 18.4. The van der Waals surface area contributed by atoms with E-state index in [1.165, 1.54) is 29.3 Å². The van der Waals surface area contributed by atoms with Crippen molar-refractivity contribution in [3.05, 3.63) is 65.7 Å². The average molecular weight is 484 g/mol. The van der Waals surface area contributed by atoms with Gasteiger partial charge in [0, 0.05) is 38.4 Å². The summed E-state index contributed by atoms with van der Waals surface area (Å²) >= 11 is 0. The van der Waals surface area contributed by atoms with Gasteiger partial charge in [0.25, 0.3) is 0 Å². The molecule has 2 fully saturated rings. The lowest BCUT2D eigenvalue weighted by Gasteiger charge is -2.31. The quantitative estimate of drug-likeness (QED) is 0.586. The van der Waals surface area contributed by atoms with Gasteiger partial charge in [-0.3, -0.25) is 4.79 Å². The van der Waals surface area contributed by atoms with Gasteiger partial charge in [-0.15, -0.1) is 0 Å². The summed E-state index contributed by atoms with van der Waals surface area (Å²) in [6.45, 7) is 3.50. The number of piperidine rings is 2. The van der Waals surface area contributed by atoms with Gasteiger partial charge in [-0.1, -0.05) is 42.5 Å². The number of rotatable bonds is 9. The van der Waals surface area contributed by atoms with E-state index in [0.29, 0.717) is 19.5 Å². The first kappa shape index (κ1) is 24.7. The molecule has 0 aliphatic carbocycles. The Hall–Kier alpha value is -2.38. The van der Waals surface area contributed by atoms with Gasteiger partial charge in [0.05, 0.1) is 11.7 Å². The number of amides is 1. The molecule has 1 N–H and O–H groups in total. The Morgan fingerprint density at radius 3 is 2.35 bits per heavy atom. The Morgan fingerprint density at radius 1 is 0.882 bits per heavy atom. The van der Waals surface area contributed by atoms with Crippen LogP contribution in [0.25, 0.3) is 0 Å². The van der Waals surface area contributed by atoms with Crippen LogP contribution in [0.2, 0.25) is 0 Å². The average Bonchev–Trinajstić information content (AvgIpc) is 2.89. The molecule has 7 heteroatoms. The summed E-state index contributed by atoms with van der Waals surface area (Å²) in [5, 5.41) is 3.03. The number of benzene rings is 2. The fourth-order valence-corrected chi connectivity index (χ4v) is 6.53. The van der Waals surface area contributed by atoms with E-state index in [9.17, 15) is 13.2 Å². The molecule has 2 heterocycles. The molecule has 0 aromatic heterocycles. The predicted molar refractivity (Wildman–Crippen MR) is 137 cm³/mol. The fourth-order valence-electron chi connectivity index (χ4n) is 4.95. The number of carbonyl (C=O) groups excluding carboxylic acids is 1. The fraction of sp³-hybridized carbons (Fsp3) is 0.519. The zero-order chi connectivity index (χ0) is 23.8.